The fourth-order valence-corrected chi connectivity index (χ4v) is 1.52. The van der Waals surface area contributed by atoms with Gasteiger partial charge in [0.05, 0.1) is 25.1 Å². The van der Waals surface area contributed by atoms with Crippen molar-refractivity contribution in [2.45, 2.75) is 6.61 Å². The van der Waals surface area contributed by atoms with Crippen LogP contribution in [0.25, 0.3) is 5.69 Å². The van der Waals surface area contributed by atoms with Crippen LogP contribution in [0.5, 0.6) is 0 Å². The first-order valence-corrected chi connectivity index (χ1v) is 5.71. The molecule has 0 aliphatic heterocycles. The van der Waals surface area contributed by atoms with Gasteiger partial charge in [-0.3, -0.25) is 0 Å². The summed E-state index contributed by atoms with van der Waals surface area (Å²) >= 11 is 0. The maximum atomic E-state index is 5.49. The maximum Gasteiger partial charge on any atom is 0.0748 e. The molecule has 90 valence electrons. The van der Waals surface area contributed by atoms with Crippen molar-refractivity contribution in [1.29, 1.82) is 0 Å². The van der Waals surface area contributed by atoms with Gasteiger partial charge >= 0.3 is 0 Å². The molecule has 17 heavy (non-hydrogen) atoms. The Bertz CT molecular complexity index is 439. The van der Waals surface area contributed by atoms with Crippen molar-refractivity contribution in [2.75, 3.05) is 20.2 Å². The molecule has 0 saturated heterocycles. The highest BCUT2D eigenvalue weighted by Gasteiger charge is 2.00. The van der Waals surface area contributed by atoms with Crippen LogP contribution in [0.4, 0.5) is 0 Å². The second-order valence-electron chi connectivity index (χ2n) is 3.78. The third-order valence-corrected chi connectivity index (χ3v) is 2.42. The van der Waals surface area contributed by atoms with E-state index in [0.717, 1.165) is 17.8 Å². The van der Waals surface area contributed by atoms with Gasteiger partial charge in [0, 0.05) is 18.3 Å². The third kappa shape index (κ3) is 3.41. The van der Waals surface area contributed by atoms with Gasteiger partial charge in [-0.1, -0.05) is 18.2 Å². The quantitative estimate of drug-likeness (QED) is 0.768. The lowest BCUT2D eigenvalue weighted by molar-refractivity contribution is 0.124. The van der Waals surface area contributed by atoms with Gasteiger partial charge in [0.25, 0.3) is 0 Å². The Kier molecular flexibility index (Phi) is 4.30. The lowest BCUT2D eigenvalue weighted by atomic mass is 10.3. The largest absolute Gasteiger partial charge is 0.375 e. The minimum atomic E-state index is 0.606. The lowest BCUT2D eigenvalue weighted by Gasteiger charge is -2.01. The summed E-state index contributed by atoms with van der Waals surface area (Å²) in [4.78, 5) is 0. The first-order chi connectivity index (χ1) is 8.40. The van der Waals surface area contributed by atoms with Crippen LogP contribution in [-0.2, 0) is 11.3 Å². The third-order valence-electron chi connectivity index (χ3n) is 2.42. The normalized spacial score (nSPS) is 10.6. The lowest BCUT2D eigenvalue weighted by Crippen LogP contribution is -2.13. The second kappa shape index (κ2) is 6.18. The van der Waals surface area contributed by atoms with Crippen LogP contribution in [0.3, 0.4) is 0 Å². The van der Waals surface area contributed by atoms with Crippen LogP contribution in [0.15, 0.2) is 42.7 Å². The summed E-state index contributed by atoms with van der Waals surface area (Å²) in [6.45, 7) is 2.19. The van der Waals surface area contributed by atoms with Gasteiger partial charge < -0.3 is 10.1 Å². The Morgan fingerprint density at radius 2 is 2.12 bits per heavy atom. The Balaban J connectivity index is 1.92. The molecule has 1 aromatic heterocycles. The summed E-state index contributed by atoms with van der Waals surface area (Å²) < 4.78 is 7.35. The molecule has 2 aromatic rings. The fraction of sp³-hybridized carbons (Fsp3) is 0.308. The molecule has 1 aromatic carbocycles. The summed E-state index contributed by atoms with van der Waals surface area (Å²) in [5.74, 6) is 0. The minimum Gasteiger partial charge on any atom is -0.375 e. The Morgan fingerprint density at radius 1 is 1.29 bits per heavy atom. The zero-order chi connectivity index (χ0) is 11.9. The second-order valence-corrected chi connectivity index (χ2v) is 3.78. The molecule has 4 nitrogen and oxygen atoms in total. The van der Waals surface area contributed by atoms with Gasteiger partial charge in [0.15, 0.2) is 0 Å². The number of rotatable bonds is 6. The first kappa shape index (κ1) is 11.8. The van der Waals surface area contributed by atoms with Crippen LogP contribution in [0, 0.1) is 0 Å². The number of para-hydroxylation sites is 1. The van der Waals surface area contributed by atoms with Crippen molar-refractivity contribution in [3.05, 3.63) is 48.3 Å². The Hall–Kier alpha value is -1.65. The number of nitrogens with one attached hydrogen (secondary N) is 1. The molecule has 4 heteroatoms. The minimum absolute atomic E-state index is 0.606. The molecule has 0 aliphatic rings. The van der Waals surface area contributed by atoms with Gasteiger partial charge in [-0.05, 0) is 19.2 Å². The molecule has 0 atom stereocenters. The highest BCUT2D eigenvalue weighted by atomic mass is 16.5. The summed E-state index contributed by atoms with van der Waals surface area (Å²) in [5, 5.41) is 7.35. The van der Waals surface area contributed by atoms with E-state index in [0.29, 0.717) is 13.2 Å². The zero-order valence-corrected chi connectivity index (χ0v) is 9.97. The number of hydrogen-bond acceptors (Lipinski definition) is 3. The summed E-state index contributed by atoms with van der Waals surface area (Å²) in [7, 11) is 1.91. The molecule has 0 spiro atoms. The standard InChI is InChI=1S/C13H17N3O/c1-14-7-8-17-11-12-9-15-16(10-12)13-5-3-2-4-6-13/h2-6,9-10,14H,7-8,11H2,1H3. The molecule has 0 amide bonds. The van der Waals surface area contributed by atoms with Crippen molar-refractivity contribution < 1.29 is 4.74 Å². The van der Waals surface area contributed by atoms with Crippen molar-refractivity contribution in [3.63, 3.8) is 0 Å². The molecule has 0 aliphatic carbocycles. The molecule has 0 unspecified atom stereocenters. The number of ether oxygens (including phenoxy) is 1. The van der Waals surface area contributed by atoms with Crippen LogP contribution in [0.2, 0.25) is 0 Å². The first-order valence-electron chi connectivity index (χ1n) is 5.71. The molecule has 1 N–H and O–H groups in total. The van der Waals surface area contributed by atoms with E-state index in [1.165, 1.54) is 0 Å². The van der Waals surface area contributed by atoms with E-state index in [2.05, 4.69) is 10.4 Å². The smallest absolute Gasteiger partial charge is 0.0748 e. The van der Waals surface area contributed by atoms with Crippen molar-refractivity contribution in [1.82, 2.24) is 15.1 Å². The number of likely N-dealkylation sites (N-methyl/N-ethyl adjacent to an activating group) is 1. The van der Waals surface area contributed by atoms with Crippen molar-refractivity contribution >= 4 is 0 Å². The van der Waals surface area contributed by atoms with E-state index in [1.807, 2.05) is 54.5 Å². The van der Waals surface area contributed by atoms with E-state index < -0.39 is 0 Å². The summed E-state index contributed by atoms with van der Waals surface area (Å²) in [5.41, 5.74) is 2.15. The summed E-state index contributed by atoms with van der Waals surface area (Å²) in [6, 6.07) is 10.0. The zero-order valence-electron chi connectivity index (χ0n) is 9.97. The molecule has 1 heterocycles. The van der Waals surface area contributed by atoms with Crippen LogP contribution in [0.1, 0.15) is 5.56 Å². The molecular weight excluding hydrogens is 214 g/mol. The van der Waals surface area contributed by atoms with E-state index in [-0.39, 0.29) is 0 Å². The van der Waals surface area contributed by atoms with Crippen molar-refractivity contribution in [2.24, 2.45) is 0 Å². The average Bonchev–Trinajstić information content (AvgIpc) is 2.85. The Labute approximate surface area is 101 Å². The molecular formula is C13H17N3O. The topological polar surface area (TPSA) is 39.1 Å². The molecule has 0 bridgehead atoms. The highest BCUT2D eigenvalue weighted by Crippen LogP contribution is 2.08. The van der Waals surface area contributed by atoms with Gasteiger partial charge in [0.2, 0.25) is 0 Å². The highest BCUT2D eigenvalue weighted by molar-refractivity contribution is 5.30. The van der Waals surface area contributed by atoms with Crippen LogP contribution in [-0.4, -0.2) is 30.0 Å². The average molecular weight is 231 g/mol. The van der Waals surface area contributed by atoms with E-state index in [4.69, 9.17) is 4.74 Å². The van der Waals surface area contributed by atoms with Crippen LogP contribution < -0.4 is 5.32 Å². The van der Waals surface area contributed by atoms with Crippen molar-refractivity contribution in [3.8, 4) is 5.69 Å². The van der Waals surface area contributed by atoms with E-state index in [1.54, 1.807) is 0 Å². The number of aromatic nitrogens is 2. The predicted molar refractivity (Wildman–Crippen MR) is 67.1 cm³/mol. The van der Waals surface area contributed by atoms with Gasteiger partial charge in [-0.15, -0.1) is 0 Å². The fourth-order valence-electron chi connectivity index (χ4n) is 1.52. The van der Waals surface area contributed by atoms with Gasteiger partial charge in [-0.2, -0.15) is 5.10 Å². The number of benzene rings is 1. The molecule has 0 fully saturated rings. The number of hydrogen-bond donors (Lipinski definition) is 1. The SMILES string of the molecule is CNCCOCc1cnn(-c2ccccc2)c1. The van der Waals surface area contributed by atoms with E-state index >= 15 is 0 Å². The van der Waals surface area contributed by atoms with Crippen LogP contribution >= 0.6 is 0 Å². The number of nitrogens with zero attached hydrogens (tertiary/aromatic N) is 2. The molecule has 0 saturated carbocycles. The monoisotopic (exact) mass is 231 g/mol. The predicted octanol–water partition coefficient (Wildman–Crippen LogP) is 1.61. The summed E-state index contributed by atoms with van der Waals surface area (Å²) in [6.07, 6.45) is 3.83. The van der Waals surface area contributed by atoms with Gasteiger partial charge in [-0.25, -0.2) is 4.68 Å². The molecule has 2 rings (SSSR count). The Morgan fingerprint density at radius 3 is 2.88 bits per heavy atom. The van der Waals surface area contributed by atoms with Gasteiger partial charge in [0.1, 0.15) is 0 Å². The molecule has 0 radical (unpaired) electrons. The van der Waals surface area contributed by atoms with E-state index in [9.17, 15) is 0 Å². The maximum absolute atomic E-state index is 5.49.